The van der Waals surface area contributed by atoms with Gasteiger partial charge < -0.3 is 10.4 Å². The molecule has 0 radical (unpaired) electrons. The van der Waals surface area contributed by atoms with Crippen molar-refractivity contribution in [1.29, 1.82) is 0 Å². The Balaban J connectivity index is 1.90. The van der Waals surface area contributed by atoms with Gasteiger partial charge in [0.05, 0.1) is 16.6 Å². The van der Waals surface area contributed by atoms with Crippen LogP contribution in [0.3, 0.4) is 0 Å². The lowest BCUT2D eigenvalue weighted by Gasteiger charge is -2.16. The fourth-order valence-electron chi connectivity index (χ4n) is 2.28. The molecular formula is C13H16N2O3S. The topological polar surface area (TPSA) is 79.3 Å². The average molecular weight is 280 g/mol. The van der Waals surface area contributed by atoms with Gasteiger partial charge in [0.2, 0.25) is 5.91 Å². The van der Waals surface area contributed by atoms with Gasteiger partial charge in [0.15, 0.2) is 0 Å². The smallest absolute Gasteiger partial charge is 0.308 e. The lowest BCUT2D eigenvalue weighted by Crippen LogP contribution is -2.39. The van der Waals surface area contributed by atoms with Gasteiger partial charge in [-0.2, -0.15) is 0 Å². The van der Waals surface area contributed by atoms with Crippen molar-refractivity contribution in [3.8, 4) is 0 Å². The number of carboxylic acid groups (broad SMARTS) is 1. The maximum Gasteiger partial charge on any atom is 0.308 e. The van der Waals surface area contributed by atoms with Gasteiger partial charge in [0.25, 0.3) is 0 Å². The fraction of sp³-hybridized carbons (Fsp3) is 0.462. The van der Waals surface area contributed by atoms with Gasteiger partial charge in [-0.25, -0.2) is 4.98 Å². The molecule has 6 heteroatoms. The lowest BCUT2D eigenvalue weighted by atomic mass is 10.0. The second-order valence-electron chi connectivity index (χ2n) is 4.62. The minimum atomic E-state index is -0.832. The van der Waals surface area contributed by atoms with Crippen LogP contribution in [0.1, 0.15) is 30.0 Å². The van der Waals surface area contributed by atoms with Gasteiger partial charge in [0, 0.05) is 17.5 Å². The Bertz CT molecular complexity index is 510. The van der Waals surface area contributed by atoms with E-state index in [4.69, 9.17) is 5.11 Å². The summed E-state index contributed by atoms with van der Waals surface area (Å²) in [5.74, 6) is -1.55. The molecule has 1 heterocycles. The van der Waals surface area contributed by atoms with Gasteiger partial charge in [-0.05, 0) is 25.8 Å². The molecule has 0 bridgehead atoms. The van der Waals surface area contributed by atoms with Crippen molar-refractivity contribution in [2.24, 2.45) is 5.92 Å². The number of thiazole rings is 1. The first-order chi connectivity index (χ1) is 9.06. The highest BCUT2D eigenvalue weighted by Gasteiger charge is 2.33. The Morgan fingerprint density at radius 1 is 1.53 bits per heavy atom. The first kappa shape index (κ1) is 13.7. The molecule has 0 saturated heterocycles. The van der Waals surface area contributed by atoms with Crippen LogP contribution >= 0.6 is 11.3 Å². The summed E-state index contributed by atoms with van der Waals surface area (Å²) in [7, 11) is 0. The molecule has 0 aromatic carbocycles. The number of nitrogens with zero attached hydrogens (tertiary/aromatic N) is 1. The number of aromatic nitrogens is 1. The zero-order chi connectivity index (χ0) is 13.8. The third-order valence-electron chi connectivity index (χ3n) is 3.20. The van der Waals surface area contributed by atoms with E-state index in [0.29, 0.717) is 6.42 Å². The number of aryl methyl sites for hydroxylation is 1. The Hall–Kier alpha value is -1.69. The first-order valence-electron chi connectivity index (χ1n) is 6.20. The van der Waals surface area contributed by atoms with Crippen LogP contribution in [0.4, 0.5) is 0 Å². The van der Waals surface area contributed by atoms with Crippen molar-refractivity contribution in [3.05, 3.63) is 22.2 Å². The van der Waals surface area contributed by atoms with Gasteiger partial charge in [-0.15, -0.1) is 11.3 Å². The molecule has 1 saturated carbocycles. The predicted molar refractivity (Wildman–Crippen MR) is 72.8 cm³/mol. The van der Waals surface area contributed by atoms with Gasteiger partial charge >= 0.3 is 5.97 Å². The molecule has 1 aromatic rings. The van der Waals surface area contributed by atoms with Crippen LogP contribution in [-0.2, 0) is 9.59 Å². The third kappa shape index (κ3) is 3.64. The van der Waals surface area contributed by atoms with Gasteiger partial charge in [-0.1, -0.05) is 6.42 Å². The van der Waals surface area contributed by atoms with Gasteiger partial charge in [0.1, 0.15) is 0 Å². The number of nitrogens with one attached hydrogen (secondary N) is 1. The van der Waals surface area contributed by atoms with Crippen LogP contribution < -0.4 is 5.32 Å². The van der Waals surface area contributed by atoms with E-state index in [-0.39, 0.29) is 11.9 Å². The molecule has 19 heavy (non-hydrogen) atoms. The standard InChI is InChI=1S/C13H16N2O3S/c1-8-14-9(7-19-8)5-6-12(16)15-11-4-2-3-10(11)13(17)18/h5-7,10-11H,2-4H2,1H3,(H,15,16)(H,17,18). The Labute approximate surface area is 115 Å². The highest BCUT2D eigenvalue weighted by Crippen LogP contribution is 2.25. The average Bonchev–Trinajstić information content (AvgIpc) is 2.95. The van der Waals surface area contributed by atoms with E-state index in [9.17, 15) is 9.59 Å². The van der Waals surface area contributed by atoms with Crippen molar-refractivity contribution in [1.82, 2.24) is 10.3 Å². The second kappa shape index (κ2) is 5.97. The van der Waals surface area contributed by atoms with E-state index in [2.05, 4.69) is 10.3 Å². The quantitative estimate of drug-likeness (QED) is 0.825. The van der Waals surface area contributed by atoms with E-state index >= 15 is 0 Å². The van der Waals surface area contributed by atoms with Crippen LogP contribution in [0.5, 0.6) is 0 Å². The summed E-state index contributed by atoms with van der Waals surface area (Å²) < 4.78 is 0. The molecule has 5 nitrogen and oxygen atoms in total. The molecule has 1 amide bonds. The molecule has 2 atom stereocenters. The maximum atomic E-state index is 11.7. The van der Waals surface area contributed by atoms with Gasteiger partial charge in [-0.3, -0.25) is 9.59 Å². The summed E-state index contributed by atoms with van der Waals surface area (Å²) in [5.41, 5.74) is 0.749. The number of carbonyl (C=O) groups excluding carboxylic acids is 1. The Kier molecular flexibility index (Phi) is 4.31. The van der Waals surface area contributed by atoms with Crippen molar-refractivity contribution < 1.29 is 14.7 Å². The summed E-state index contributed by atoms with van der Waals surface area (Å²) >= 11 is 1.52. The second-order valence-corrected chi connectivity index (χ2v) is 5.68. The molecule has 0 spiro atoms. The summed E-state index contributed by atoms with van der Waals surface area (Å²) in [6.45, 7) is 1.90. The largest absolute Gasteiger partial charge is 0.481 e. The number of amides is 1. The zero-order valence-corrected chi connectivity index (χ0v) is 11.4. The van der Waals surface area contributed by atoms with E-state index in [1.807, 2.05) is 12.3 Å². The van der Waals surface area contributed by atoms with E-state index in [1.54, 1.807) is 6.08 Å². The number of carboxylic acids is 1. The molecule has 2 N–H and O–H groups in total. The molecular weight excluding hydrogens is 264 g/mol. The van der Waals surface area contributed by atoms with Crippen LogP contribution in [0.2, 0.25) is 0 Å². The van der Waals surface area contributed by atoms with E-state index < -0.39 is 11.9 Å². The number of hydrogen-bond acceptors (Lipinski definition) is 4. The monoisotopic (exact) mass is 280 g/mol. The number of aliphatic carboxylic acids is 1. The third-order valence-corrected chi connectivity index (χ3v) is 3.99. The summed E-state index contributed by atoms with van der Waals surface area (Å²) in [6.07, 6.45) is 5.26. The normalized spacial score (nSPS) is 22.8. The summed E-state index contributed by atoms with van der Waals surface area (Å²) in [4.78, 5) is 26.9. The molecule has 1 aromatic heterocycles. The van der Waals surface area contributed by atoms with Crippen LogP contribution in [-0.4, -0.2) is 28.0 Å². The molecule has 102 valence electrons. The molecule has 1 fully saturated rings. The number of carbonyl (C=O) groups is 2. The van der Waals surface area contributed by atoms with Crippen molar-refractivity contribution >= 4 is 29.3 Å². The summed E-state index contributed by atoms with van der Waals surface area (Å²) in [5, 5.41) is 14.6. The first-order valence-corrected chi connectivity index (χ1v) is 7.08. The Morgan fingerprint density at radius 3 is 2.95 bits per heavy atom. The number of hydrogen-bond donors (Lipinski definition) is 2. The highest BCUT2D eigenvalue weighted by molar-refractivity contribution is 7.09. The molecule has 1 aliphatic rings. The summed E-state index contributed by atoms with van der Waals surface area (Å²) in [6, 6.07) is -0.258. The van der Waals surface area contributed by atoms with Crippen LogP contribution in [0.25, 0.3) is 6.08 Å². The van der Waals surface area contributed by atoms with E-state index in [0.717, 1.165) is 23.5 Å². The molecule has 1 aliphatic carbocycles. The van der Waals surface area contributed by atoms with Crippen LogP contribution in [0, 0.1) is 12.8 Å². The predicted octanol–water partition coefficient (Wildman–Crippen LogP) is 1.83. The fourth-order valence-corrected chi connectivity index (χ4v) is 2.86. The number of rotatable bonds is 4. The van der Waals surface area contributed by atoms with Crippen molar-refractivity contribution in [2.75, 3.05) is 0 Å². The minimum absolute atomic E-state index is 0.258. The Morgan fingerprint density at radius 2 is 2.32 bits per heavy atom. The van der Waals surface area contributed by atoms with Crippen LogP contribution in [0.15, 0.2) is 11.5 Å². The van der Waals surface area contributed by atoms with E-state index in [1.165, 1.54) is 17.4 Å². The van der Waals surface area contributed by atoms with Crippen molar-refractivity contribution in [2.45, 2.75) is 32.2 Å². The maximum absolute atomic E-state index is 11.7. The zero-order valence-electron chi connectivity index (χ0n) is 10.6. The molecule has 2 unspecified atom stereocenters. The SMILES string of the molecule is Cc1nc(C=CC(=O)NC2CCCC2C(=O)O)cs1. The van der Waals surface area contributed by atoms with Crippen molar-refractivity contribution in [3.63, 3.8) is 0 Å². The molecule has 2 rings (SSSR count). The minimum Gasteiger partial charge on any atom is -0.481 e. The highest BCUT2D eigenvalue weighted by atomic mass is 32.1. The molecule has 0 aliphatic heterocycles. The lowest BCUT2D eigenvalue weighted by molar-refractivity contribution is -0.142.